The van der Waals surface area contributed by atoms with Crippen LogP contribution in [0.2, 0.25) is 0 Å². The van der Waals surface area contributed by atoms with Crippen LogP contribution >= 0.6 is 11.3 Å². The zero-order chi connectivity index (χ0) is 16.8. The summed E-state index contributed by atoms with van der Waals surface area (Å²) < 4.78 is 8.25. The summed E-state index contributed by atoms with van der Waals surface area (Å²) in [7, 11) is 1.68. The van der Waals surface area contributed by atoms with E-state index in [1.807, 2.05) is 19.1 Å². The molecular weight excluding hydrogens is 322 g/mol. The van der Waals surface area contributed by atoms with E-state index in [0.717, 1.165) is 37.4 Å². The Morgan fingerprint density at radius 3 is 2.88 bits per heavy atom. The monoisotopic (exact) mass is 337 g/mol. The number of fused-ring (bicyclic) bond motifs is 2. The van der Waals surface area contributed by atoms with Gasteiger partial charge in [0.05, 0.1) is 17.5 Å². The van der Waals surface area contributed by atoms with E-state index >= 15 is 0 Å². The molecule has 0 unspecified atom stereocenters. The molecule has 0 fully saturated rings. The average Bonchev–Trinajstić information content (AvgIpc) is 3.15. The highest BCUT2D eigenvalue weighted by Crippen LogP contribution is 2.41. The summed E-state index contributed by atoms with van der Waals surface area (Å²) >= 11 is 1.63. The normalized spacial score (nSPS) is 11.2. The molecule has 0 aliphatic carbocycles. The van der Waals surface area contributed by atoms with Gasteiger partial charge in [-0.15, -0.1) is 11.3 Å². The van der Waals surface area contributed by atoms with Crippen molar-refractivity contribution >= 4 is 39.0 Å². The first-order valence-corrected chi connectivity index (χ1v) is 8.15. The predicted molar refractivity (Wildman–Crippen MR) is 97.4 cm³/mol. The smallest absolute Gasteiger partial charge is 0.152 e. The number of hydrogen-bond acceptors (Lipinski definition) is 6. The van der Waals surface area contributed by atoms with Crippen molar-refractivity contribution in [3.05, 3.63) is 41.9 Å². The molecular formula is C17H15N5OS. The van der Waals surface area contributed by atoms with Crippen molar-refractivity contribution < 1.29 is 4.74 Å². The fraction of sp³-hybridized carbons (Fsp3) is 0.118. The lowest BCUT2D eigenvalue weighted by molar-refractivity contribution is 0.420. The van der Waals surface area contributed by atoms with Crippen LogP contribution in [0.15, 0.2) is 30.6 Å². The number of aromatic nitrogens is 3. The molecule has 6 nitrogen and oxygen atoms in total. The van der Waals surface area contributed by atoms with Crippen molar-refractivity contribution in [2.24, 2.45) is 0 Å². The molecule has 0 spiro atoms. The van der Waals surface area contributed by atoms with Crippen LogP contribution in [0.3, 0.4) is 0 Å². The molecule has 3 heterocycles. The number of nitrogen functional groups attached to an aromatic ring is 1. The third-order valence-corrected chi connectivity index (χ3v) is 5.17. The number of nitrogens with zero attached hydrogens (tertiary/aromatic N) is 3. The van der Waals surface area contributed by atoms with Crippen LogP contribution in [-0.4, -0.2) is 27.9 Å². The summed E-state index contributed by atoms with van der Waals surface area (Å²) in [6, 6.07) is 8.19. The Hall–Kier alpha value is -2.93. The van der Waals surface area contributed by atoms with Crippen molar-refractivity contribution in [3.63, 3.8) is 0 Å². The summed E-state index contributed by atoms with van der Waals surface area (Å²) in [6.07, 6.45) is 2.66. The van der Waals surface area contributed by atoms with Gasteiger partial charge in [0.2, 0.25) is 0 Å². The van der Waals surface area contributed by atoms with Gasteiger partial charge < -0.3 is 15.9 Å². The molecule has 4 aromatic rings. The van der Waals surface area contributed by atoms with Gasteiger partial charge in [-0.1, -0.05) is 6.07 Å². The number of benzene rings is 1. The molecule has 3 aromatic heterocycles. The molecule has 4 rings (SSSR count). The molecule has 0 aliphatic rings. The molecule has 1 aromatic carbocycles. The summed E-state index contributed by atoms with van der Waals surface area (Å²) in [5.41, 5.74) is 9.52. The largest absolute Gasteiger partial charge is 0.495 e. The first-order valence-electron chi connectivity index (χ1n) is 7.33. The van der Waals surface area contributed by atoms with Crippen molar-refractivity contribution in [3.8, 4) is 16.2 Å². The van der Waals surface area contributed by atoms with Crippen molar-refractivity contribution in [2.45, 2.75) is 6.92 Å². The maximum Gasteiger partial charge on any atom is 0.152 e. The van der Waals surface area contributed by atoms with Crippen LogP contribution in [0, 0.1) is 12.3 Å². The molecule has 0 bridgehead atoms. The number of nitrogens with two attached hydrogens (primary N) is 1. The number of rotatable bonds is 3. The molecule has 0 saturated heterocycles. The van der Waals surface area contributed by atoms with E-state index < -0.39 is 0 Å². The molecule has 3 N–H and O–H groups in total. The summed E-state index contributed by atoms with van der Waals surface area (Å²) in [6.45, 7) is 2.05. The minimum Gasteiger partial charge on any atom is -0.495 e. The van der Waals surface area contributed by atoms with Crippen LogP contribution in [0.4, 0.5) is 5.82 Å². The topological polar surface area (TPSA) is 89.3 Å². The van der Waals surface area contributed by atoms with Gasteiger partial charge in [-0.3, -0.25) is 0 Å². The number of anilines is 1. The van der Waals surface area contributed by atoms with Gasteiger partial charge in [0.1, 0.15) is 17.6 Å². The maximum atomic E-state index is 7.61. The second kappa shape index (κ2) is 5.31. The second-order valence-corrected chi connectivity index (χ2v) is 6.58. The van der Waals surface area contributed by atoms with Gasteiger partial charge in [-0.05, 0) is 36.1 Å². The Labute approximate surface area is 142 Å². The fourth-order valence-electron chi connectivity index (χ4n) is 2.93. The SMILES string of the molecule is COc1cc(C)cc2cc(-c3cc(C=N)n4ncnc(N)c34)sc12. The predicted octanol–water partition coefficient (Wildman–Crippen LogP) is 3.51. The van der Waals surface area contributed by atoms with E-state index in [2.05, 4.69) is 22.2 Å². The van der Waals surface area contributed by atoms with Gasteiger partial charge in [-0.2, -0.15) is 5.10 Å². The number of ether oxygens (including phenoxy) is 1. The number of hydrogen-bond donors (Lipinski definition) is 2. The lowest BCUT2D eigenvalue weighted by atomic mass is 10.1. The molecule has 7 heteroatoms. The Kier molecular flexibility index (Phi) is 3.24. The summed E-state index contributed by atoms with van der Waals surface area (Å²) in [5.74, 6) is 1.26. The van der Waals surface area contributed by atoms with Crippen molar-refractivity contribution in [1.29, 1.82) is 5.41 Å². The Morgan fingerprint density at radius 2 is 2.12 bits per heavy atom. The summed E-state index contributed by atoms with van der Waals surface area (Å²) in [4.78, 5) is 5.14. The number of nitrogens with one attached hydrogen (secondary N) is 1. The van der Waals surface area contributed by atoms with Gasteiger partial charge in [0.15, 0.2) is 5.82 Å². The van der Waals surface area contributed by atoms with E-state index in [1.54, 1.807) is 23.0 Å². The quantitative estimate of drug-likeness (QED) is 0.560. The maximum absolute atomic E-state index is 7.61. The lowest BCUT2D eigenvalue weighted by Crippen LogP contribution is -2.01. The molecule has 0 aliphatic heterocycles. The van der Waals surface area contributed by atoms with Crippen LogP contribution in [0.5, 0.6) is 5.75 Å². The van der Waals surface area contributed by atoms with E-state index in [0.29, 0.717) is 11.5 Å². The highest BCUT2D eigenvalue weighted by molar-refractivity contribution is 7.22. The van der Waals surface area contributed by atoms with Gasteiger partial charge in [0.25, 0.3) is 0 Å². The fourth-order valence-corrected chi connectivity index (χ4v) is 4.08. The van der Waals surface area contributed by atoms with Gasteiger partial charge >= 0.3 is 0 Å². The van der Waals surface area contributed by atoms with Crippen LogP contribution < -0.4 is 10.5 Å². The second-order valence-electron chi connectivity index (χ2n) is 5.53. The molecule has 0 atom stereocenters. The molecule has 0 amide bonds. The van der Waals surface area contributed by atoms with Gasteiger partial charge in [0, 0.05) is 16.7 Å². The first-order chi connectivity index (χ1) is 11.6. The lowest BCUT2D eigenvalue weighted by Gasteiger charge is -2.02. The zero-order valence-electron chi connectivity index (χ0n) is 13.2. The molecule has 0 radical (unpaired) electrons. The van der Waals surface area contributed by atoms with Crippen LogP contribution in [0.25, 0.3) is 26.0 Å². The Bertz CT molecular complexity index is 1100. The standard InChI is InChI=1S/C17H15N5OS/c1-9-3-10-5-14(24-16(10)13(4-9)23-2)12-6-11(7-18)22-15(12)17(19)20-8-21-22/h3-8,18H,1-2H3,(H2,19,20,21). The number of thiophene rings is 1. The summed E-state index contributed by atoms with van der Waals surface area (Å²) in [5, 5.41) is 12.9. The third-order valence-electron chi connectivity index (χ3n) is 3.97. The molecule has 24 heavy (non-hydrogen) atoms. The Balaban J connectivity index is 2.05. The first kappa shape index (κ1) is 14.6. The van der Waals surface area contributed by atoms with Crippen molar-refractivity contribution in [2.75, 3.05) is 12.8 Å². The van der Waals surface area contributed by atoms with E-state index in [-0.39, 0.29) is 0 Å². The number of methoxy groups -OCH3 is 1. The minimum atomic E-state index is 0.397. The molecule has 0 saturated carbocycles. The number of aryl methyl sites for hydroxylation is 1. The highest BCUT2D eigenvalue weighted by Gasteiger charge is 2.17. The van der Waals surface area contributed by atoms with Gasteiger partial charge in [-0.25, -0.2) is 9.50 Å². The third kappa shape index (κ3) is 2.05. The van der Waals surface area contributed by atoms with Crippen LogP contribution in [-0.2, 0) is 0 Å². The Morgan fingerprint density at radius 1 is 1.29 bits per heavy atom. The average molecular weight is 337 g/mol. The molecule has 120 valence electrons. The van der Waals surface area contributed by atoms with Crippen molar-refractivity contribution in [1.82, 2.24) is 14.6 Å². The van der Waals surface area contributed by atoms with E-state index in [4.69, 9.17) is 15.9 Å². The van der Waals surface area contributed by atoms with E-state index in [9.17, 15) is 0 Å². The minimum absolute atomic E-state index is 0.397. The van der Waals surface area contributed by atoms with E-state index in [1.165, 1.54) is 12.5 Å². The highest BCUT2D eigenvalue weighted by atomic mass is 32.1. The zero-order valence-corrected chi connectivity index (χ0v) is 14.0. The van der Waals surface area contributed by atoms with Crippen LogP contribution in [0.1, 0.15) is 11.3 Å².